The Labute approximate surface area is 120 Å². The zero-order valence-electron chi connectivity index (χ0n) is 10.2. The minimum absolute atomic E-state index is 0.0847. The summed E-state index contributed by atoms with van der Waals surface area (Å²) in [6.45, 7) is 1.47. The number of carbonyl (C=O) groups excluding carboxylic acids is 1. The molecule has 0 fully saturated rings. The van der Waals surface area contributed by atoms with E-state index < -0.39 is 0 Å². The number of pyridine rings is 1. The smallest absolute Gasteiger partial charge is 0.222 e. The predicted octanol–water partition coefficient (Wildman–Crippen LogP) is 3.09. The van der Waals surface area contributed by atoms with Gasteiger partial charge >= 0.3 is 0 Å². The first-order chi connectivity index (χ1) is 9.02. The highest BCUT2D eigenvalue weighted by Crippen LogP contribution is 2.28. The van der Waals surface area contributed by atoms with Gasteiger partial charge in [0, 0.05) is 18.8 Å². The molecule has 2 heterocycles. The van der Waals surface area contributed by atoms with Crippen LogP contribution < -0.4 is 5.32 Å². The Bertz CT molecular complexity index is 646. The van der Waals surface area contributed by atoms with Crippen LogP contribution >= 0.6 is 23.2 Å². The Morgan fingerprint density at radius 3 is 2.63 bits per heavy atom. The molecule has 0 spiro atoms. The fraction of sp³-hybridized carbons (Fsp3) is 0.167. The molecule has 0 saturated carbocycles. The van der Waals surface area contributed by atoms with E-state index in [-0.39, 0.29) is 11.1 Å². The third-order valence-corrected chi connectivity index (χ3v) is 2.95. The average molecular weight is 297 g/mol. The molecule has 98 valence electrons. The predicted molar refractivity (Wildman–Crippen MR) is 74.8 cm³/mol. The molecule has 2 aromatic rings. The summed E-state index contributed by atoms with van der Waals surface area (Å²) in [6.07, 6.45) is 2.98. The number of hydrogen-bond acceptors (Lipinski definition) is 5. The van der Waals surface area contributed by atoms with Crippen LogP contribution in [0.4, 0.5) is 5.82 Å². The Kier molecular flexibility index (Phi) is 3.97. The van der Waals surface area contributed by atoms with Gasteiger partial charge in [0.1, 0.15) is 5.82 Å². The molecule has 0 aliphatic heterocycles. The normalized spacial score (nSPS) is 10.3. The average Bonchev–Trinajstić information content (AvgIpc) is 2.40. The third kappa shape index (κ3) is 2.83. The van der Waals surface area contributed by atoms with E-state index in [0.717, 1.165) is 0 Å². The molecule has 2 aromatic heterocycles. The number of ketones is 1. The first kappa shape index (κ1) is 13.7. The molecule has 0 atom stereocenters. The van der Waals surface area contributed by atoms with Crippen molar-refractivity contribution in [3.63, 3.8) is 0 Å². The van der Waals surface area contributed by atoms with E-state index in [1.54, 1.807) is 19.3 Å². The summed E-state index contributed by atoms with van der Waals surface area (Å²) in [5, 5.41) is 3.29. The van der Waals surface area contributed by atoms with Gasteiger partial charge in [-0.05, 0) is 24.6 Å². The van der Waals surface area contributed by atoms with Crippen molar-refractivity contribution in [1.29, 1.82) is 0 Å². The first-order valence-electron chi connectivity index (χ1n) is 5.40. The number of anilines is 1. The lowest BCUT2D eigenvalue weighted by Gasteiger charge is -2.08. The van der Waals surface area contributed by atoms with Crippen LogP contribution in [0, 0.1) is 0 Å². The SMILES string of the molecule is CNc1ncc(-c2nc(Cl)ncc2Cl)cc1C(C)=O. The van der Waals surface area contributed by atoms with Gasteiger partial charge in [0.05, 0.1) is 22.5 Å². The van der Waals surface area contributed by atoms with E-state index in [0.29, 0.717) is 27.7 Å². The van der Waals surface area contributed by atoms with Gasteiger partial charge in [-0.1, -0.05) is 11.6 Å². The van der Waals surface area contributed by atoms with Gasteiger partial charge in [0.25, 0.3) is 0 Å². The van der Waals surface area contributed by atoms with Gasteiger partial charge in [0.2, 0.25) is 5.28 Å². The Balaban J connectivity index is 2.60. The molecular weight excluding hydrogens is 287 g/mol. The Morgan fingerprint density at radius 2 is 2.00 bits per heavy atom. The number of hydrogen-bond donors (Lipinski definition) is 1. The van der Waals surface area contributed by atoms with Crippen molar-refractivity contribution >= 4 is 34.8 Å². The fourth-order valence-electron chi connectivity index (χ4n) is 1.61. The molecule has 1 N–H and O–H groups in total. The summed E-state index contributed by atoms with van der Waals surface area (Å²) in [4.78, 5) is 23.6. The van der Waals surface area contributed by atoms with E-state index in [1.807, 2.05) is 0 Å². The molecule has 0 bridgehead atoms. The summed E-state index contributed by atoms with van der Waals surface area (Å²) in [5.74, 6) is 0.405. The van der Waals surface area contributed by atoms with Crippen LogP contribution in [0.25, 0.3) is 11.3 Å². The summed E-state index contributed by atoms with van der Waals surface area (Å²) in [6, 6.07) is 1.67. The molecule has 0 amide bonds. The molecule has 5 nitrogen and oxygen atoms in total. The lowest BCUT2D eigenvalue weighted by Crippen LogP contribution is -2.03. The van der Waals surface area contributed by atoms with Crippen LogP contribution in [-0.2, 0) is 0 Å². The number of carbonyl (C=O) groups is 1. The number of rotatable bonds is 3. The molecule has 7 heteroatoms. The Hall–Kier alpha value is -1.72. The largest absolute Gasteiger partial charge is 0.373 e. The van der Waals surface area contributed by atoms with Crippen molar-refractivity contribution in [2.75, 3.05) is 12.4 Å². The molecular formula is C12H10Cl2N4O. The maximum absolute atomic E-state index is 11.6. The van der Waals surface area contributed by atoms with Crippen LogP contribution in [0.1, 0.15) is 17.3 Å². The second-order valence-electron chi connectivity index (χ2n) is 3.76. The van der Waals surface area contributed by atoms with Crippen LogP contribution in [0.2, 0.25) is 10.3 Å². The van der Waals surface area contributed by atoms with E-state index in [2.05, 4.69) is 20.3 Å². The van der Waals surface area contributed by atoms with Crippen molar-refractivity contribution in [2.45, 2.75) is 6.92 Å². The number of aromatic nitrogens is 3. The van der Waals surface area contributed by atoms with Gasteiger partial charge in [0.15, 0.2) is 5.78 Å². The highest BCUT2D eigenvalue weighted by molar-refractivity contribution is 6.33. The topological polar surface area (TPSA) is 67.8 Å². The van der Waals surface area contributed by atoms with Crippen LogP contribution in [-0.4, -0.2) is 27.8 Å². The highest BCUT2D eigenvalue weighted by atomic mass is 35.5. The van der Waals surface area contributed by atoms with Gasteiger partial charge < -0.3 is 5.32 Å². The molecule has 0 aromatic carbocycles. The van der Waals surface area contributed by atoms with E-state index in [4.69, 9.17) is 23.2 Å². The second kappa shape index (κ2) is 5.50. The van der Waals surface area contributed by atoms with E-state index >= 15 is 0 Å². The third-order valence-electron chi connectivity index (χ3n) is 2.49. The molecule has 0 radical (unpaired) electrons. The fourth-order valence-corrected chi connectivity index (χ4v) is 1.94. The van der Waals surface area contributed by atoms with E-state index in [9.17, 15) is 4.79 Å². The summed E-state index contributed by atoms with van der Waals surface area (Å²) < 4.78 is 0. The molecule has 0 aliphatic rings. The summed E-state index contributed by atoms with van der Waals surface area (Å²) in [7, 11) is 1.70. The van der Waals surface area contributed by atoms with Crippen LogP contribution in [0.3, 0.4) is 0 Å². The van der Waals surface area contributed by atoms with Crippen molar-refractivity contribution in [2.24, 2.45) is 0 Å². The van der Waals surface area contributed by atoms with Crippen LogP contribution in [0.15, 0.2) is 18.5 Å². The molecule has 2 rings (SSSR count). The van der Waals surface area contributed by atoms with Gasteiger partial charge in [-0.25, -0.2) is 15.0 Å². The van der Waals surface area contributed by atoms with Crippen molar-refractivity contribution in [3.8, 4) is 11.3 Å². The maximum atomic E-state index is 11.6. The molecule has 0 unspecified atom stereocenters. The molecule has 19 heavy (non-hydrogen) atoms. The first-order valence-corrected chi connectivity index (χ1v) is 6.15. The van der Waals surface area contributed by atoms with Gasteiger partial charge in [-0.15, -0.1) is 0 Å². The summed E-state index contributed by atoms with van der Waals surface area (Å²) in [5.41, 5.74) is 1.52. The lowest BCUT2D eigenvalue weighted by atomic mass is 10.1. The van der Waals surface area contributed by atoms with Crippen molar-refractivity contribution in [3.05, 3.63) is 34.3 Å². The zero-order valence-corrected chi connectivity index (χ0v) is 11.7. The lowest BCUT2D eigenvalue weighted by molar-refractivity contribution is 0.101. The standard InChI is InChI=1S/C12H10Cl2N4O/c1-6(19)8-3-7(4-16-11(8)15-2)10-9(13)5-17-12(14)18-10/h3-5H,1-2H3,(H,15,16). The zero-order chi connectivity index (χ0) is 14.0. The monoisotopic (exact) mass is 296 g/mol. The van der Waals surface area contributed by atoms with E-state index in [1.165, 1.54) is 13.1 Å². The highest BCUT2D eigenvalue weighted by Gasteiger charge is 2.13. The number of nitrogens with zero attached hydrogens (tertiary/aromatic N) is 3. The minimum atomic E-state index is -0.102. The second-order valence-corrected chi connectivity index (χ2v) is 4.51. The van der Waals surface area contributed by atoms with Crippen molar-refractivity contribution in [1.82, 2.24) is 15.0 Å². The number of nitrogens with one attached hydrogen (secondary N) is 1. The molecule has 0 aliphatic carbocycles. The minimum Gasteiger partial charge on any atom is -0.373 e. The number of halogens is 2. The number of Topliss-reactive ketones (excluding diaryl/α,β-unsaturated/α-hetero) is 1. The summed E-state index contributed by atoms with van der Waals surface area (Å²) >= 11 is 11.8. The quantitative estimate of drug-likeness (QED) is 0.696. The van der Waals surface area contributed by atoms with Crippen molar-refractivity contribution < 1.29 is 4.79 Å². The Morgan fingerprint density at radius 1 is 1.26 bits per heavy atom. The van der Waals surface area contributed by atoms with Crippen LogP contribution in [0.5, 0.6) is 0 Å². The molecule has 0 saturated heterocycles. The maximum Gasteiger partial charge on any atom is 0.222 e. The van der Waals surface area contributed by atoms with Gasteiger partial charge in [-0.3, -0.25) is 4.79 Å². The van der Waals surface area contributed by atoms with Gasteiger partial charge in [-0.2, -0.15) is 0 Å².